The first kappa shape index (κ1) is 20.4. The van der Waals surface area contributed by atoms with E-state index in [1.807, 2.05) is 56.6 Å². The molecule has 31 heavy (non-hydrogen) atoms. The lowest BCUT2D eigenvalue weighted by atomic mass is 10.0. The number of carboxylic acids is 1. The molecular weight excluding hydrogens is 392 g/mol. The van der Waals surface area contributed by atoms with E-state index in [4.69, 9.17) is 9.94 Å². The summed E-state index contributed by atoms with van der Waals surface area (Å²) in [5.74, 6) is -0.190. The molecule has 4 rings (SSSR count). The lowest BCUT2D eigenvalue weighted by Gasteiger charge is -2.32. The third-order valence-corrected chi connectivity index (χ3v) is 5.03. The van der Waals surface area contributed by atoms with Crippen molar-refractivity contribution in [3.8, 4) is 0 Å². The van der Waals surface area contributed by atoms with Crippen molar-refractivity contribution in [2.45, 2.75) is 13.3 Å². The molecule has 0 bridgehead atoms. The van der Waals surface area contributed by atoms with Crippen molar-refractivity contribution in [3.05, 3.63) is 89.9 Å². The lowest BCUT2D eigenvalue weighted by molar-refractivity contribution is 0.0697. The number of hydrogen-bond donors (Lipinski definition) is 2. The van der Waals surface area contributed by atoms with Crippen LogP contribution in [0, 0.1) is 0 Å². The van der Waals surface area contributed by atoms with Crippen LogP contribution in [0.3, 0.4) is 0 Å². The molecule has 2 aliphatic heterocycles. The molecule has 0 fully saturated rings. The van der Waals surface area contributed by atoms with Crippen molar-refractivity contribution in [1.29, 1.82) is 0 Å². The molecule has 0 saturated carbocycles. The Labute approximate surface area is 181 Å². The van der Waals surface area contributed by atoms with E-state index in [1.54, 1.807) is 23.4 Å². The molecule has 2 heterocycles. The zero-order valence-electron chi connectivity index (χ0n) is 17.4. The highest BCUT2D eigenvalue weighted by Crippen LogP contribution is 2.32. The topological polar surface area (TPSA) is 77.4 Å². The number of nitrogens with one attached hydrogen (secondary N) is 1. The van der Waals surface area contributed by atoms with Gasteiger partial charge in [-0.2, -0.15) is 0 Å². The summed E-state index contributed by atoms with van der Waals surface area (Å²) in [5, 5.41) is 14.3. The molecule has 0 radical (unpaired) electrons. The van der Waals surface area contributed by atoms with Crippen molar-refractivity contribution >= 4 is 28.9 Å². The average Bonchev–Trinajstić information content (AvgIpc) is 2.79. The van der Waals surface area contributed by atoms with Crippen molar-refractivity contribution in [1.82, 2.24) is 4.90 Å². The van der Waals surface area contributed by atoms with Crippen LogP contribution in [0.4, 0.5) is 11.4 Å². The van der Waals surface area contributed by atoms with Gasteiger partial charge in [0, 0.05) is 30.8 Å². The van der Waals surface area contributed by atoms with E-state index in [0.29, 0.717) is 6.61 Å². The van der Waals surface area contributed by atoms with Crippen LogP contribution in [0.1, 0.15) is 29.3 Å². The minimum Gasteiger partial charge on any atom is -0.478 e. The zero-order valence-corrected chi connectivity index (χ0v) is 17.4. The van der Waals surface area contributed by atoms with Crippen LogP contribution >= 0.6 is 0 Å². The number of fused-ring (bicyclic) bond motifs is 1. The molecule has 158 valence electrons. The number of anilines is 2. The largest absolute Gasteiger partial charge is 0.478 e. The fraction of sp³-hybridized carbons (Fsp3) is 0.167. The Hall–Kier alpha value is -3.84. The average molecular weight is 416 g/mol. The number of carbonyl (C=O) groups is 1. The summed E-state index contributed by atoms with van der Waals surface area (Å²) in [5.41, 5.74) is 5.00. The number of benzene rings is 2. The molecule has 0 amide bonds. The lowest BCUT2D eigenvalue weighted by Crippen LogP contribution is -2.30. The predicted molar refractivity (Wildman–Crippen MR) is 123 cm³/mol. The summed E-state index contributed by atoms with van der Waals surface area (Å²) in [4.78, 5) is 23.3. The number of amidine groups is 1. The number of aromatic carboxylic acids is 1. The van der Waals surface area contributed by atoms with Gasteiger partial charge in [-0.3, -0.25) is 9.90 Å². The van der Waals surface area contributed by atoms with Gasteiger partial charge in [0.05, 0.1) is 23.6 Å². The Bertz CT molecular complexity index is 1100. The summed E-state index contributed by atoms with van der Waals surface area (Å²) in [7, 11) is 1.88. The Kier molecular flexibility index (Phi) is 5.86. The molecule has 0 spiro atoms. The van der Waals surface area contributed by atoms with E-state index in [-0.39, 0.29) is 5.56 Å². The van der Waals surface area contributed by atoms with E-state index in [9.17, 15) is 4.79 Å². The number of hydroxylamine groups is 1. The molecule has 7 heteroatoms. The molecule has 2 aromatic carbocycles. The molecular formula is C24H24N4O3. The highest BCUT2D eigenvalue weighted by Gasteiger charge is 2.23. The molecule has 0 atom stereocenters. The Morgan fingerprint density at radius 2 is 1.97 bits per heavy atom. The van der Waals surface area contributed by atoms with Crippen LogP contribution in [-0.4, -0.2) is 35.5 Å². The smallest absolute Gasteiger partial charge is 0.335 e. The Morgan fingerprint density at radius 3 is 2.71 bits per heavy atom. The van der Waals surface area contributed by atoms with Crippen LogP contribution in [0.25, 0.3) is 5.70 Å². The molecule has 0 aliphatic carbocycles. The number of carboxylic acid groups (broad SMARTS) is 1. The summed E-state index contributed by atoms with van der Waals surface area (Å²) in [6, 6.07) is 14.8. The second-order valence-corrected chi connectivity index (χ2v) is 7.03. The standard InChI is InChI=1S/C24H24N4O3/c1-3-31-27(2)20-7-4-6-19(16-20)26-23-22-9-5-8-21(28(22)15-14-25-23)17-10-12-18(13-11-17)24(29)30/h4,6-16H,3,5H2,1-2H3,(H,25,26)(H,29,30). The van der Waals surface area contributed by atoms with Gasteiger partial charge in [0.15, 0.2) is 5.84 Å². The Morgan fingerprint density at radius 1 is 1.19 bits per heavy atom. The fourth-order valence-corrected chi connectivity index (χ4v) is 3.54. The van der Waals surface area contributed by atoms with Gasteiger partial charge in [-0.1, -0.05) is 30.4 Å². The minimum absolute atomic E-state index is 0.269. The Balaban J connectivity index is 1.55. The molecule has 2 N–H and O–H groups in total. The van der Waals surface area contributed by atoms with Crippen molar-refractivity contribution in [2.75, 3.05) is 24.0 Å². The van der Waals surface area contributed by atoms with Crippen LogP contribution in [0.5, 0.6) is 0 Å². The summed E-state index contributed by atoms with van der Waals surface area (Å²) in [6.07, 6.45) is 8.64. The van der Waals surface area contributed by atoms with Crippen LogP contribution in [-0.2, 0) is 4.84 Å². The van der Waals surface area contributed by atoms with Gasteiger partial charge in [0.2, 0.25) is 0 Å². The molecule has 0 saturated heterocycles. The van der Waals surface area contributed by atoms with Gasteiger partial charge in [-0.15, -0.1) is 0 Å². The first-order valence-corrected chi connectivity index (χ1v) is 10.1. The van der Waals surface area contributed by atoms with E-state index < -0.39 is 5.97 Å². The quantitative estimate of drug-likeness (QED) is 0.665. The maximum Gasteiger partial charge on any atom is 0.335 e. The zero-order chi connectivity index (χ0) is 21.8. The van der Waals surface area contributed by atoms with Crippen molar-refractivity contribution in [3.63, 3.8) is 0 Å². The van der Waals surface area contributed by atoms with Gasteiger partial charge in [0.25, 0.3) is 0 Å². The first-order valence-electron chi connectivity index (χ1n) is 10.1. The van der Waals surface area contributed by atoms with Gasteiger partial charge < -0.3 is 15.3 Å². The maximum absolute atomic E-state index is 11.2. The highest BCUT2D eigenvalue weighted by molar-refractivity contribution is 6.10. The summed E-state index contributed by atoms with van der Waals surface area (Å²) >= 11 is 0. The molecule has 0 unspecified atom stereocenters. The fourth-order valence-electron chi connectivity index (χ4n) is 3.54. The highest BCUT2D eigenvalue weighted by atomic mass is 16.7. The third-order valence-electron chi connectivity index (χ3n) is 5.03. The van der Waals surface area contributed by atoms with Crippen LogP contribution in [0.2, 0.25) is 0 Å². The number of nitrogens with zero attached hydrogens (tertiary/aromatic N) is 3. The number of allylic oxidation sites excluding steroid dienone is 2. The van der Waals surface area contributed by atoms with Gasteiger partial charge >= 0.3 is 5.97 Å². The van der Waals surface area contributed by atoms with Gasteiger partial charge in [-0.25, -0.2) is 9.79 Å². The normalized spacial score (nSPS) is 14.9. The number of aliphatic imine (C=N–C) groups is 1. The first-order chi connectivity index (χ1) is 15.1. The van der Waals surface area contributed by atoms with Gasteiger partial charge in [-0.05, 0) is 49.2 Å². The van der Waals surface area contributed by atoms with Crippen LogP contribution < -0.4 is 10.4 Å². The number of rotatable bonds is 6. The van der Waals surface area contributed by atoms with Crippen LogP contribution in [0.15, 0.2) is 83.8 Å². The van der Waals surface area contributed by atoms with Gasteiger partial charge in [0.1, 0.15) is 0 Å². The second-order valence-electron chi connectivity index (χ2n) is 7.03. The predicted octanol–water partition coefficient (Wildman–Crippen LogP) is 4.70. The van der Waals surface area contributed by atoms with E-state index >= 15 is 0 Å². The SMILES string of the molecule is CCON(C)c1cccc(NC2=NC=CN3C2=CCC=C3c2ccc(C(=O)O)cc2)c1. The molecule has 2 aromatic rings. The maximum atomic E-state index is 11.2. The molecule has 0 aromatic heterocycles. The van der Waals surface area contributed by atoms with Crippen molar-refractivity contribution < 1.29 is 14.7 Å². The van der Waals surface area contributed by atoms with E-state index in [0.717, 1.165) is 40.6 Å². The monoisotopic (exact) mass is 416 g/mol. The second kappa shape index (κ2) is 8.89. The van der Waals surface area contributed by atoms with E-state index in [2.05, 4.69) is 27.4 Å². The molecule has 2 aliphatic rings. The van der Waals surface area contributed by atoms with E-state index in [1.165, 1.54) is 0 Å². The third kappa shape index (κ3) is 4.36. The number of hydrogen-bond acceptors (Lipinski definition) is 6. The summed E-state index contributed by atoms with van der Waals surface area (Å²) in [6.45, 7) is 2.54. The minimum atomic E-state index is -0.932. The molecule has 7 nitrogen and oxygen atoms in total. The van der Waals surface area contributed by atoms with Crippen molar-refractivity contribution in [2.24, 2.45) is 4.99 Å². The summed E-state index contributed by atoms with van der Waals surface area (Å²) < 4.78 is 0.